The van der Waals surface area contributed by atoms with Gasteiger partial charge in [-0.2, -0.15) is 0 Å². The van der Waals surface area contributed by atoms with Crippen LogP contribution in [-0.2, 0) is 26.3 Å². The molecular weight excluding hydrogens is 434 g/mol. The van der Waals surface area contributed by atoms with Gasteiger partial charge < -0.3 is 10.1 Å². The Balaban J connectivity index is 1.82. The van der Waals surface area contributed by atoms with Crippen LogP contribution < -0.4 is 9.99 Å². The van der Waals surface area contributed by atoms with Crippen molar-refractivity contribution in [3.05, 3.63) is 16.4 Å². The van der Waals surface area contributed by atoms with Crippen molar-refractivity contribution in [3.8, 4) is 0 Å². The van der Waals surface area contributed by atoms with Gasteiger partial charge in [0.1, 0.15) is 4.67 Å². The molecule has 2 heterocycles. The summed E-state index contributed by atoms with van der Waals surface area (Å²) in [6, 6.07) is 0. The van der Waals surface area contributed by atoms with Crippen molar-refractivity contribution in [1.29, 1.82) is 0 Å². The second kappa shape index (κ2) is 10.0. The normalized spacial score (nSPS) is 27.8. The van der Waals surface area contributed by atoms with E-state index >= 15 is 0 Å². The van der Waals surface area contributed by atoms with Crippen molar-refractivity contribution in [1.82, 2.24) is 9.27 Å². The highest BCUT2D eigenvalue weighted by Gasteiger charge is 2.58. The molecule has 3 atom stereocenters. The van der Waals surface area contributed by atoms with Crippen LogP contribution in [0.1, 0.15) is 92.6 Å². The number of amides is 2. The van der Waals surface area contributed by atoms with Gasteiger partial charge in [0.15, 0.2) is 0 Å². The zero-order valence-corrected chi connectivity index (χ0v) is 22.4. The summed E-state index contributed by atoms with van der Waals surface area (Å²) >= 11 is 1.57. The van der Waals surface area contributed by atoms with Gasteiger partial charge in [-0.05, 0) is 76.2 Å². The summed E-state index contributed by atoms with van der Waals surface area (Å²) in [5.41, 5.74) is -0.0482. The largest absolute Gasteiger partial charge is 0.376 e. The molecule has 0 aromatic carbocycles. The summed E-state index contributed by atoms with van der Waals surface area (Å²) < 4.78 is 8.67. The number of aromatic nitrogens is 1. The quantitative estimate of drug-likeness (QED) is 0.612. The van der Waals surface area contributed by atoms with Crippen molar-refractivity contribution in [2.45, 2.75) is 105 Å². The Labute approximate surface area is 203 Å². The third-order valence-corrected chi connectivity index (χ3v) is 9.32. The maximum Gasteiger partial charge on any atom is 0.253 e. The Morgan fingerprint density at radius 1 is 1.27 bits per heavy atom. The van der Waals surface area contributed by atoms with Crippen molar-refractivity contribution >= 4 is 23.3 Å². The summed E-state index contributed by atoms with van der Waals surface area (Å²) in [5, 5.41) is 3.09. The summed E-state index contributed by atoms with van der Waals surface area (Å²) in [6.45, 7) is 16.1. The van der Waals surface area contributed by atoms with Crippen molar-refractivity contribution in [3.63, 3.8) is 0 Å². The average molecular weight is 478 g/mol. The average Bonchev–Trinajstić information content (AvgIpc) is 3.44. The maximum atomic E-state index is 13.7. The lowest BCUT2D eigenvalue weighted by molar-refractivity contribution is -0.136. The van der Waals surface area contributed by atoms with Gasteiger partial charge in [-0.1, -0.05) is 34.1 Å². The van der Waals surface area contributed by atoms with Crippen molar-refractivity contribution < 1.29 is 14.3 Å². The van der Waals surface area contributed by atoms with E-state index in [4.69, 9.17) is 9.73 Å². The highest BCUT2D eigenvalue weighted by Crippen LogP contribution is 2.56. The van der Waals surface area contributed by atoms with E-state index < -0.39 is 10.8 Å². The van der Waals surface area contributed by atoms with Gasteiger partial charge in [-0.25, -0.2) is 4.99 Å². The Morgan fingerprint density at radius 2 is 2.00 bits per heavy atom. The number of aryl methyl sites for hydroxylation is 1. The van der Waals surface area contributed by atoms with Crippen LogP contribution in [0, 0.1) is 16.7 Å². The number of rotatable bonds is 7. The zero-order chi connectivity index (χ0) is 24.4. The second-order valence-corrected chi connectivity index (χ2v) is 12.6. The van der Waals surface area contributed by atoms with Gasteiger partial charge in [0.05, 0.1) is 11.5 Å². The van der Waals surface area contributed by atoms with Crippen molar-refractivity contribution in [2.24, 2.45) is 21.7 Å². The van der Waals surface area contributed by atoms with Crippen LogP contribution in [0.3, 0.4) is 0 Å². The van der Waals surface area contributed by atoms with Crippen LogP contribution in [0.25, 0.3) is 0 Å². The molecule has 186 valence electrons. The minimum Gasteiger partial charge on any atom is -0.376 e. The first kappa shape index (κ1) is 26.1. The van der Waals surface area contributed by atoms with Gasteiger partial charge in [-0.3, -0.25) is 13.5 Å². The minimum absolute atomic E-state index is 0.0392. The summed E-state index contributed by atoms with van der Waals surface area (Å²) in [4.78, 5) is 31.4. The number of hydrogen-bond donors (Lipinski definition) is 1. The van der Waals surface area contributed by atoms with Gasteiger partial charge in [0, 0.05) is 36.4 Å². The number of ether oxygens (including phenoxy) is 1. The maximum absolute atomic E-state index is 13.7. The highest BCUT2D eigenvalue weighted by molar-refractivity contribution is 7.04. The molecule has 0 spiro atoms. The van der Waals surface area contributed by atoms with Crippen LogP contribution in [0.5, 0.6) is 0 Å². The number of carbonyl (C=O) groups is 2. The molecule has 1 saturated heterocycles. The first-order valence-corrected chi connectivity index (χ1v) is 13.4. The fraction of sp³-hybridized carbons (Fsp3) is 0.808. The summed E-state index contributed by atoms with van der Waals surface area (Å²) in [7, 11) is 0. The zero-order valence-electron chi connectivity index (χ0n) is 21.6. The van der Waals surface area contributed by atoms with Crippen molar-refractivity contribution in [2.75, 3.05) is 13.2 Å². The molecule has 2 fully saturated rings. The monoisotopic (exact) mass is 477 g/mol. The molecule has 2 aliphatic rings. The molecule has 2 unspecified atom stereocenters. The van der Waals surface area contributed by atoms with Gasteiger partial charge in [-0.15, -0.1) is 0 Å². The predicted octanol–water partition coefficient (Wildman–Crippen LogP) is 4.81. The third-order valence-electron chi connectivity index (χ3n) is 7.94. The van der Waals surface area contributed by atoms with Crippen LogP contribution in [0.4, 0.5) is 0 Å². The molecule has 3 rings (SSSR count). The molecule has 0 bridgehead atoms. The number of nitrogens with one attached hydrogen (secondary N) is 1. The Hall–Kier alpha value is -1.47. The van der Waals surface area contributed by atoms with E-state index in [1.807, 2.05) is 6.92 Å². The number of unbranched alkanes of at least 4 members (excludes halogenated alkanes) is 1. The SMILES string of the molecule is CCCCc1cn(C(C)(C)C)sc1=NC(=O)C1(C)CCC(C(=O)NC[C@@H]2CCCO2)C1(C)C. The second-order valence-electron chi connectivity index (χ2n) is 11.6. The molecule has 6 nitrogen and oxygen atoms in total. The Bertz CT molecular complexity index is 918. The van der Waals surface area contributed by atoms with E-state index in [0.29, 0.717) is 19.4 Å². The van der Waals surface area contributed by atoms with E-state index in [1.165, 1.54) is 0 Å². The molecule has 1 aliphatic heterocycles. The lowest BCUT2D eigenvalue weighted by atomic mass is 9.65. The molecule has 1 saturated carbocycles. The highest BCUT2D eigenvalue weighted by atomic mass is 32.1. The summed E-state index contributed by atoms with van der Waals surface area (Å²) in [5.74, 6) is -0.259. The molecule has 7 heteroatoms. The van der Waals surface area contributed by atoms with Gasteiger partial charge in [0.2, 0.25) is 5.91 Å². The first-order chi connectivity index (χ1) is 15.4. The van der Waals surface area contributed by atoms with E-state index in [2.05, 4.69) is 57.0 Å². The third kappa shape index (κ3) is 5.45. The molecular formula is C26H43N3O3S. The number of hydrogen-bond acceptors (Lipinski definition) is 4. The molecule has 1 aromatic heterocycles. The van der Waals surface area contributed by atoms with Gasteiger partial charge >= 0.3 is 0 Å². The van der Waals surface area contributed by atoms with Gasteiger partial charge in [0.25, 0.3) is 5.91 Å². The standard InChI is InChI=1S/C26H43N3O3S/c1-8-9-11-18-17-29(24(2,3)4)33-22(18)28-23(31)26(7)14-13-20(25(26,5)6)21(30)27-16-19-12-10-15-32-19/h17,19-20H,8-16H2,1-7H3,(H,27,30)/t19-,20?,26?/m0/s1. The van der Waals surface area contributed by atoms with Crippen LogP contribution in [-0.4, -0.2) is 35.0 Å². The Morgan fingerprint density at radius 3 is 2.61 bits per heavy atom. The molecule has 1 aromatic rings. The fourth-order valence-electron chi connectivity index (χ4n) is 5.04. The molecule has 2 amide bonds. The molecule has 1 N–H and O–H groups in total. The lowest BCUT2D eigenvalue weighted by Gasteiger charge is -2.38. The fourth-order valence-corrected chi connectivity index (χ4v) is 6.07. The predicted molar refractivity (Wildman–Crippen MR) is 133 cm³/mol. The number of carbonyl (C=O) groups excluding carboxylic acids is 2. The number of nitrogens with zero attached hydrogens (tertiary/aromatic N) is 2. The minimum atomic E-state index is -0.669. The van der Waals surface area contributed by atoms with E-state index in [0.717, 1.165) is 48.9 Å². The molecule has 0 radical (unpaired) electrons. The molecule has 1 aliphatic carbocycles. The topological polar surface area (TPSA) is 72.7 Å². The smallest absolute Gasteiger partial charge is 0.253 e. The van der Waals surface area contributed by atoms with E-state index in [-0.39, 0.29) is 29.4 Å². The van der Waals surface area contributed by atoms with E-state index in [1.54, 1.807) is 11.5 Å². The lowest BCUT2D eigenvalue weighted by Crippen LogP contribution is -2.46. The van der Waals surface area contributed by atoms with E-state index in [9.17, 15) is 9.59 Å². The Kier molecular flexibility index (Phi) is 7.94. The summed E-state index contributed by atoms with van der Waals surface area (Å²) in [6.07, 6.45) is 8.83. The molecule has 33 heavy (non-hydrogen) atoms. The van der Waals surface area contributed by atoms with Crippen LogP contribution >= 0.6 is 11.5 Å². The first-order valence-electron chi connectivity index (χ1n) is 12.6. The van der Waals surface area contributed by atoms with Crippen LogP contribution in [0.2, 0.25) is 0 Å². The van der Waals surface area contributed by atoms with Crippen LogP contribution in [0.15, 0.2) is 11.2 Å².